The molecule has 1 aromatic carbocycles. The Morgan fingerprint density at radius 2 is 1.26 bits per heavy atom. The minimum Gasteiger partial charge on any atom is -0.485 e. The van der Waals surface area contributed by atoms with Crippen molar-refractivity contribution in [3.63, 3.8) is 0 Å². The number of hydrogen-bond acceptors (Lipinski definition) is 3. The van der Waals surface area contributed by atoms with E-state index in [-0.39, 0.29) is 18.8 Å². The van der Waals surface area contributed by atoms with Crippen LogP contribution in [-0.2, 0) is 4.74 Å². The second kappa shape index (κ2) is 25.3. The van der Waals surface area contributed by atoms with Gasteiger partial charge < -0.3 is 9.47 Å². The predicted octanol–water partition coefficient (Wildman–Crippen LogP) is 5.97. The van der Waals surface area contributed by atoms with Gasteiger partial charge in [0.1, 0.15) is 6.61 Å². The molecule has 0 saturated heterocycles. The zero-order chi connectivity index (χ0) is 19.3. The summed E-state index contributed by atoms with van der Waals surface area (Å²) in [5.41, 5.74) is -0.0795. The summed E-state index contributed by atoms with van der Waals surface area (Å²) < 4.78 is 35.8. The van der Waals surface area contributed by atoms with Gasteiger partial charge in [0.25, 0.3) is 0 Å². The molecule has 0 aliphatic rings. The van der Waals surface area contributed by atoms with Gasteiger partial charge in [0.15, 0.2) is 17.4 Å². The third-order valence-electron chi connectivity index (χ3n) is 1.66. The lowest BCUT2D eigenvalue weighted by Gasteiger charge is -2.07. The first kappa shape index (κ1) is 29.4. The van der Waals surface area contributed by atoms with Crippen molar-refractivity contribution in [2.24, 2.45) is 0 Å². The van der Waals surface area contributed by atoms with Gasteiger partial charge in [-0.1, -0.05) is 55.4 Å². The van der Waals surface area contributed by atoms with Gasteiger partial charge in [0.2, 0.25) is 0 Å². The molecule has 136 valence electrons. The van der Waals surface area contributed by atoms with Crippen LogP contribution in [-0.4, -0.2) is 20.3 Å². The molecule has 0 aliphatic carbocycles. The fourth-order valence-corrected chi connectivity index (χ4v) is 0.989. The van der Waals surface area contributed by atoms with Crippen LogP contribution >= 0.6 is 0 Å². The molecule has 5 heteroatoms. The first-order valence-corrected chi connectivity index (χ1v) is 8.20. The van der Waals surface area contributed by atoms with Gasteiger partial charge in [0, 0.05) is 7.11 Å². The van der Waals surface area contributed by atoms with Crippen molar-refractivity contribution in [3.05, 3.63) is 29.3 Å². The Hall–Kier alpha value is -1.67. The quantitative estimate of drug-likeness (QED) is 0.638. The number of halogens is 2. The van der Waals surface area contributed by atoms with Crippen LogP contribution in [0, 0.1) is 23.0 Å². The molecule has 0 heterocycles. The first-order chi connectivity index (χ1) is 11.2. The highest BCUT2D eigenvalue weighted by atomic mass is 19.1. The number of nitrogens with zero attached hydrogens (tertiary/aromatic N) is 1. The smallest absolute Gasteiger partial charge is 0.190 e. The Morgan fingerprint density at radius 3 is 1.57 bits per heavy atom. The van der Waals surface area contributed by atoms with E-state index in [1.807, 2.05) is 55.4 Å². The molecule has 0 fully saturated rings. The van der Waals surface area contributed by atoms with E-state index in [1.54, 1.807) is 6.07 Å². The summed E-state index contributed by atoms with van der Waals surface area (Å²) in [6, 6.07) is 3.49. The summed E-state index contributed by atoms with van der Waals surface area (Å²) in [6.45, 7) is 16.3. The summed E-state index contributed by atoms with van der Waals surface area (Å²) in [4.78, 5) is 0. The van der Waals surface area contributed by atoms with Gasteiger partial charge >= 0.3 is 0 Å². The molecule has 0 saturated carbocycles. The molecule has 0 amide bonds. The standard InChI is InChI=1S/C10H9F2NO2.4C2H6/c1-14-2-3-15-10-8(11)4-7(6-13)5-9(10)12;4*1-2/h4-5H,2-3H2,1H3;4*1-2H3. The van der Waals surface area contributed by atoms with E-state index >= 15 is 0 Å². The second-order valence-corrected chi connectivity index (χ2v) is 2.72. The van der Waals surface area contributed by atoms with E-state index in [4.69, 9.17) is 10.00 Å². The van der Waals surface area contributed by atoms with Crippen LogP contribution in [0.3, 0.4) is 0 Å². The first-order valence-electron chi connectivity index (χ1n) is 8.20. The van der Waals surface area contributed by atoms with Gasteiger partial charge in [0.05, 0.1) is 18.2 Å². The monoisotopic (exact) mass is 333 g/mol. The van der Waals surface area contributed by atoms with Crippen molar-refractivity contribution in [2.75, 3.05) is 20.3 Å². The zero-order valence-corrected chi connectivity index (χ0v) is 16.1. The fraction of sp³-hybridized carbons (Fsp3) is 0.611. The Morgan fingerprint density at radius 1 is 0.870 bits per heavy atom. The maximum atomic E-state index is 13.2. The van der Waals surface area contributed by atoms with Gasteiger partial charge in [-0.2, -0.15) is 5.26 Å². The topological polar surface area (TPSA) is 42.2 Å². The minimum absolute atomic E-state index is 0.0518. The SMILES string of the molecule is CC.CC.CC.CC.COCCOc1c(F)cc(C#N)cc1F. The lowest BCUT2D eigenvalue weighted by molar-refractivity contribution is 0.141. The van der Waals surface area contributed by atoms with Crippen LogP contribution < -0.4 is 4.74 Å². The van der Waals surface area contributed by atoms with E-state index in [1.165, 1.54) is 7.11 Å². The van der Waals surface area contributed by atoms with Crippen molar-refractivity contribution in [2.45, 2.75) is 55.4 Å². The molecule has 0 radical (unpaired) electrons. The number of nitriles is 1. The van der Waals surface area contributed by atoms with Crippen molar-refractivity contribution < 1.29 is 18.3 Å². The second-order valence-electron chi connectivity index (χ2n) is 2.72. The predicted molar refractivity (Wildman–Crippen MR) is 93.8 cm³/mol. The highest BCUT2D eigenvalue weighted by molar-refractivity contribution is 5.37. The Kier molecular flexibility index (Phi) is 32.3. The van der Waals surface area contributed by atoms with Crippen LogP contribution in [0.2, 0.25) is 0 Å². The molecule has 0 aromatic heterocycles. The Labute approximate surface area is 141 Å². The van der Waals surface area contributed by atoms with Crippen LogP contribution in [0.25, 0.3) is 0 Å². The number of hydrogen-bond donors (Lipinski definition) is 0. The molecule has 0 atom stereocenters. The average molecular weight is 333 g/mol. The fourth-order valence-electron chi connectivity index (χ4n) is 0.989. The van der Waals surface area contributed by atoms with E-state index in [0.29, 0.717) is 0 Å². The van der Waals surface area contributed by atoms with E-state index in [9.17, 15) is 8.78 Å². The molecular formula is C18H33F2NO2. The molecule has 0 aliphatic heterocycles. The lowest BCUT2D eigenvalue weighted by atomic mass is 10.2. The van der Waals surface area contributed by atoms with Gasteiger partial charge in [-0.3, -0.25) is 0 Å². The van der Waals surface area contributed by atoms with Crippen LogP contribution in [0.15, 0.2) is 12.1 Å². The zero-order valence-electron chi connectivity index (χ0n) is 16.1. The van der Waals surface area contributed by atoms with E-state index in [0.717, 1.165) is 12.1 Å². The highest BCUT2D eigenvalue weighted by Gasteiger charge is 2.12. The number of methoxy groups -OCH3 is 1. The summed E-state index contributed by atoms with van der Waals surface area (Å²) in [5.74, 6) is -2.25. The molecule has 1 rings (SSSR count). The van der Waals surface area contributed by atoms with Gasteiger partial charge in [-0.05, 0) is 12.1 Å². The molecule has 0 unspecified atom stereocenters. The van der Waals surface area contributed by atoms with Crippen molar-refractivity contribution >= 4 is 0 Å². The number of rotatable bonds is 4. The Bertz CT molecular complexity index is 368. The molecule has 0 bridgehead atoms. The lowest BCUT2D eigenvalue weighted by Crippen LogP contribution is -2.07. The van der Waals surface area contributed by atoms with Crippen molar-refractivity contribution in [1.82, 2.24) is 0 Å². The van der Waals surface area contributed by atoms with Gasteiger partial charge in [-0.25, -0.2) is 8.78 Å². The number of benzene rings is 1. The molecule has 0 N–H and O–H groups in total. The summed E-state index contributed by atoms with van der Waals surface area (Å²) in [5, 5.41) is 8.45. The summed E-state index contributed by atoms with van der Waals surface area (Å²) >= 11 is 0. The highest BCUT2D eigenvalue weighted by Crippen LogP contribution is 2.22. The van der Waals surface area contributed by atoms with E-state index < -0.39 is 17.4 Å². The van der Waals surface area contributed by atoms with Crippen LogP contribution in [0.1, 0.15) is 61.0 Å². The molecule has 0 spiro atoms. The van der Waals surface area contributed by atoms with Crippen molar-refractivity contribution in [1.29, 1.82) is 5.26 Å². The third kappa shape index (κ3) is 15.0. The minimum atomic E-state index is -0.886. The normalized spacial score (nSPS) is 7.39. The van der Waals surface area contributed by atoms with Crippen LogP contribution in [0.5, 0.6) is 5.75 Å². The maximum Gasteiger partial charge on any atom is 0.190 e. The van der Waals surface area contributed by atoms with Crippen molar-refractivity contribution in [3.8, 4) is 11.8 Å². The summed E-state index contributed by atoms with van der Waals surface area (Å²) in [6.07, 6.45) is 0. The summed E-state index contributed by atoms with van der Waals surface area (Å²) in [7, 11) is 1.45. The average Bonchev–Trinajstić information content (AvgIpc) is 2.64. The maximum absolute atomic E-state index is 13.2. The molecule has 23 heavy (non-hydrogen) atoms. The largest absolute Gasteiger partial charge is 0.485 e. The Balaban J connectivity index is -0.000000196. The van der Waals surface area contributed by atoms with Gasteiger partial charge in [-0.15, -0.1) is 0 Å². The third-order valence-corrected chi connectivity index (χ3v) is 1.66. The molecular weight excluding hydrogens is 300 g/mol. The number of ether oxygens (including phenoxy) is 2. The molecule has 3 nitrogen and oxygen atoms in total. The molecule has 1 aromatic rings. The van der Waals surface area contributed by atoms with Crippen LogP contribution in [0.4, 0.5) is 8.78 Å². The van der Waals surface area contributed by atoms with E-state index in [2.05, 4.69) is 4.74 Å².